The van der Waals surface area contributed by atoms with E-state index in [1.54, 1.807) is 18.2 Å². The van der Waals surface area contributed by atoms with Crippen LogP contribution in [-0.4, -0.2) is 32.6 Å². The van der Waals surface area contributed by atoms with E-state index < -0.39 is 42.9 Å². The lowest BCUT2D eigenvalue weighted by atomic mass is 10.0. The maximum atomic E-state index is 15.8. The Morgan fingerprint density at radius 1 is 1.02 bits per heavy atom. The van der Waals surface area contributed by atoms with Gasteiger partial charge in [-0.3, -0.25) is 0 Å². The molecule has 1 N–H and O–H groups in total. The molecule has 41 heavy (non-hydrogen) atoms. The van der Waals surface area contributed by atoms with Crippen LogP contribution in [0.1, 0.15) is 24.0 Å². The van der Waals surface area contributed by atoms with Crippen molar-refractivity contribution in [3.63, 3.8) is 0 Å². The summed E-state index contributed by atoms with van der Waals surface area (Å²) in [7, 11) is -1.69. The lowest BCUT2D eigenvalue weighted by molar-refractivity contribution is 0.391. The number of nitrogens with zero attached hydrogens (tertiary/aromatic N) is 3. The Labute approximate surface area is 239 Å². The number of nitrogens with one attached hydrogen (secondary N) is 1. The standard InChI is InChI=1S/C28H24ClF3N4O4S/c1-39-19-5-3-17(23(14-19)40-2)15-36(25-9-12-33-16-34-25)41(37,38)24-8-7-22(26(29)27(24)32)35-28(10-11-28)20-13-18(30)4-6-21(20)31/h3-9,12-14,16,35H,10-11,15H2,1-2H3. The monoisotopic (exact) mass is 604 g/mol. The number of ether oxygens (including phenoxy) is 2. The third-order valence-electron chi connectivity index (χ3n) is 6.81. The van der Waals surface area contributed by atoms with Crippen LogP contribution >= 0.6 is 11.6 Å². The average molecular weight is 605 g/mol. The molecule has 214 valence electrons. The van der Waals surface area contributed by atoms with Crippen LogP contribution in [-0.2, 0) is 22.1 Å². The summed E-state index contributed by atoms with van der Waals surface area (Å²) in [5.41, 5.74) is -0.433. The third kappa shape index (κ3) is 5.49. The molecule has 1 aromatic heterocycles. The van der Waals surface area contributed by atoms with Gasteiger partial charge >= 0.3 is 0 Å². The number of hydrogen-bond donors (Lipinski definition) is 1. The number of sulfonamides is 1. The molecule has 1 heterocycles. The molecule has 0 unspecified atom stereocenters. The van der Waals surface area contributed by atoms with Gasteiger partial charge in [0.1, 0.15) is 45.2 Å². The van der Waals surface area contributed by atoms with Crippen LogP contribution < -0.4 is 19.1 Å². The third-order valence-corrected chi connectivity index (χ3v) is 8.95. The Bertz CT molecular complexity index is 1710. The van der Waals surface area contributed by atoms with Crippen molar-refractivity contribution in [1.29, 1.82) is 0 Å². The minimum Gasteiger partial charge on any atom is -0.497 e. The van der Waals surface area contributed by atoms with Gasteiger partial charge in [-0.2, -0.15) is 0 Å². The largest absolute Gasteiger partial charge is 0.497 e. The highest BCUT2D eigenvalue weighted by molar-refractivity contribution is 7.92. The number of anilines is 2. The Hall–Kier alpha value is -4.03. The van der Waals surface area contributed by atoms with Crippen LogP contribution in [0.15, 0.2) is 72.0 Å². The first-order valence-electron chi connectivity index (χ1n) is 12.3. The van der Waals surface area contributed by atoms with Crippen LogP contribution in [0.5, 0.6) is 11.5 Å². The van der Waals surface area contributed by atoms with Crippen molar-refractivity contribution in [3.8, 4) is 11.5 Å². The van der Waals surface area contributed by atoms with Gasteiger partial charge in [-0.05, 0) is 55.3 Å². The van der Waals surface area contributed by atoms with Crippen molar-refractivity contribution in [2.45, 2.75) is 29.8 Å². The molecular weight excluding hydrogens is 581 g/mol. The number of rotatable bonds is 10. The van der Waals surface area contributed by atoms with Gasteiger partial charge in [0.15, 0.2) is 5.82 Å². The molecule has 0 bridgehead atoms. The molecule has 3 aromatic carbocycles. The van der Waals surface area contributed by atoms with E-state index in [9.17, 15) is 17.2 Å². The van der Waals surface area contributed by atoms with Crippen LogP contribution in [0.2, 0.25) is 5.02 Å². The highest BCUT2D eigenvalue weighted by Crippen LogP contribution is 2.50. The molecule has 1 fully saturated rings. The molecule has 5 rings (SSSR count). The first-order valence-corrected chi connectivity index (χ1v) is 14.1. The number of halogens is 4. The molecular formula is C28H24ClF3N4O4S. The smallest absolute Gasteiger partial charge is 0.268 e. The molecule has 0 saturated heterocycles. The highest BCUT2D eigenvalue weighted by Gasteiger charge is 2.47. The second-order valence-electron chi connectivity index (χ2n) is 9.33. The quantitative estimate of drug-likeness (QED) is 0.235. The summed E-state index contributed by atoms with van der Waals surface area (Å²) in [5, 5.41) is 2.48. The number of benzene rings is 3. The van der Waals surface area contributed by atoms with Gasteiger partial charge in [-0.15, -0.1) is 0 Å². The maximum Gasteiger partial charge on any atom is 0.268 e. The summed E-state index contributed by atoms with van der Waals surface area (Å²) in [6, 6.07) is 11.7. The van der Waals surface area contributed by atoms with Crippen molar-refractivity contribution >= 4 is 33.1 Å². The van der Waals surface area contributed by atoms with E-state index in [2.05, 4.69) is 15.3 Å². The van der Waals surface area contributed by atoms with E-state index in [1.165, 1.54) is 38.9 Å². The van der Waals surface area contributed by atoms with Gasteiger partial charge in [-0.25, -0.2) is 35.9 Å². The van der Waals surface area contributed by atoms with Crippen LogP contribution in [0.4, 0.5) is 24.7 Å². The fourth-order valence-corrected chi connectivity index (χ4v) is 6.25. The second kappa shape index (κ2) is 11.1. The van der Waals surface area contributed by atoms with E-state index in [0.717, 1.165) is 28.6 Å². The molecule has 1 saturated carbocycles. The van der Waals surface area contributed by atoms with Gasteiger partial charge in [0, 0.05) is 29.5 Å². The fourth-order valence-electron chi connectivity index (χ4n) is 4.51. The molecule has 0 spiro atoms. The summed E-state index contributed by atoms with van der Waals surface area (Å²) in [6.07, 6.45) is 3.40. The molecule has 1 aliphatic rings. The van der Waals surface area contributed by atoms with E-state index in [-0.39, 0.29) is 23.6 Å². The summed E-state index contributed by atoms with van der Waals surface area (Å²) in [4.78, 5) is 7.20. The fraction of sp³-hybridized carbons (Fsp3) is 0.214. The first-order chi connectivity index (χ1) is 19.6. The van der Waals surface area contributed by atoms with Crippen molar-refractivity contribution in [2.24, 2.45) is 0 Å². The summed E-state index contributed by atoms with van der Waals surface area (Å²) in [6.45, 7) is -0.272. The predicted octanol–water partition coefficient (Wildman–Crippen LogP) is 6.06. The molecule has 8 nitrogen and oxygen atoms in total. The molecule has 0 aliphatic heterocycles. The number of aromatic nitrogens is 2. The van der Waals surface area contributed by atoms with Crippen molar-refractivity contribution < 1.29 is 31.1 Å². The van der Waals surface area contributed by atoms with Gasteiger partial charge in [0.2, 0.25) is 0 Å². The predicted molar refractivity (Wildman–Crippen MR) is 147 cm³/mol. The zero-order valence-corrected chi connectivity index (χ0v) is 23.4. The van der Waals surface area contributed by atoms with Crippen molar-refractivity contribution in [1.82, 2.24) is 9.97 Å². The van der Waals surface area contributed by atoms with E-state index >= 15 is 4.39 Å². The Morgan fingerprint density at radius 2 is 1.80 bits per heavy atom. The second-order valence-corrected chi connectivity index (χ2v) is 11.5. The number of hydrogen-bond acceptors (Lipinski definition) is 7. The normalized spacial score (nSPS) is 13.9. The zero-order valence-electron chi connectivity index (χ0n) is 21.9. The Kier molecular flexibility index (Phi) is 7.71. The summed E-state index contributed by atoms with van der Waals surface area (Å²) in [5.74, 6) is -1.64. The minimum absolute atomic E-state index is 0.0193. The van der Waals surface area contributed by atoms with E-state index in [0.29, 0.717) is 29.9 Å². The lowest BCUT2D eigenvalue weighted by Gasteiger charge is -2.25. The Balaban J connectivity index is 1.52. The van der Waals surface area contributed by atoms with Gasteiger partial charge in [0.25, 0.3) is 10.0 Å². The minimum atomic E-state index is -4.60. The van der Waals surface area contributed by atoms with Gasteiger partial charge in [0.05, 0.1) is 32.0 Å². The summed E-state index contributed by atoms with van der Waals surface area (Å²) < 4.78 is 83.5. The molecule has 4 aromatic rings. The first kappa shape index (κ1) is 28.5. The van der Waals surface area contributed by atoms with Crippen molar-refractivity contribution in [3.05, 3.63) is 101 Å². The van der Waals surface area contributed by atoms with E-state index in [1.807, 2.05) is 0 Å². The van der Waals surface area contributed by atoms with Crippen LogP contribution in [0.3, 0.4) is 0 Å². The molecule has 13 heteroatoms. The van der Waals surface area contributed by atoms with Gasteiger partial charge in [-0.1, -0.05) is 11.6 Å². The van der Waals surface area contributed by atoms with Crippen molar-refractivity contribution in [2.75, 3.05) is 23.8 Å². The Morgan fingerprint density at radius 3 is 2.46 bits per heavy atom. The highest BCUT2D eigenvalue weighted by atomic mass is 35.5. The number of methoxy groups -OCH3 is 2. The maximum absolute atomic E-state index is 15.8. The molecule has 0 atom stereocenters. The SMILES string of the molecule is COc1ccc(CN(c2ccncn2)S(=O)(=O)c2ccc(NC3(c4cc(F)ccc4F)CC3)c(Cl)c2F)c(OC)c1. The molecule has 0 amide bonds. The average Bonchev–Trinajstić information content (AvgIpc) is 3.76. The molecule has 1 aliphatic carbocycles. The molecule has 0 radical (unpaired) electrons. The summed E-state index contributed by atoms with van der Waals surface area (Å²) >= 11 is 6.34. The van der Waals surface area contributed by atoms with Gasteiger partial charge < -0.3 is 14.8 Å². The van der Waals surface area contributed by atoms with Crippen LogP contribution in [0.25, 0.3) is 0 Å². The lowest BCUT2D eigenvalue weighted by Crippen LogP contribution is -2.32. The zero-order chi connectivity index (χ0) is 29.4. The van der Waals surface area contributed by atoms with Crippen LogP contribution in [0, 0.1) is 17.5 Å². The van der Waals surface area contributed by atoms with E-state index in [4.69, 9.17) is 21.1 Å². The topological polar surface area (TPSA) is 93.7 Å².